The third kappa shape index (κ3) is 1.94. The van der Waals surface area contributed by atoms with Crippen LogP contribution in [-0.4, -0.2) is 14.5 Å². The third-order valence-electron chi connectivity index (χ3n) is 2.29. The Balaban J connectivity index is 2.42. The lowest BCUT2D eigenvalue weighted by atomic mass is 10.3. The molecule has 0 bridgehead atoms. The molecule has 0 atom stereocenters. The van der Waals surface area contributed by atoms with E-state index in [1.807, 2.05) is 29.0 Å². The van der Waals surface area contributed by atoms with Crippen molar-refractivity contribution in [1.29, 1.82) is 5.26 Å². The topological polar surface area (TPSA) is 54.5 Å². The second kappa shape index (κ2) is 4.58. The average molecular weight is 212 g/mol. The van der Waals surface area contributed by atoms with E-state index in [9.17, 15) is 0 Å². The highest BCUT2D eigenvalue weighted by atomic mass is 15.1. The molecule has 0 saturated carbocycles. The zero-order valence-electron chi connectivity index (χ0n) is 9.09. The Kier molecular flexibility index (Phi) is 2.97. The second-order valence-electron chi connectivity index (χ2n) is 3.46. The lowest BCUT2D eigenvalue weighted by molar-refractivity contribution is 0.797. The highest BCUT2D eigenvalue weighted by Crippen LogP contribution is 2.10. The van der Waals surface area contributed by atoms with Gasteiger partial charge in [0.15, 0.2) is 0 Å². The number of nitrogens with zero attached hydrogens (tertiary/aromatic N) is 4. The van der Waals surface area contributed by atoms with Gasteiger partial charge in [0.25, 0.3) is 0 Å². The molecule has 0 fully saturated rings. The molecule has 0 amide bonds. The normalized spacial score (nSPS) is 10.0. The van der Waals surface area contributed by atoms with Crippen LogP contribution in [0.25, 0.3) is 5.82 Å². The molecule has 0 saturated heterocycles. The number of hydrogen-bond acceptors (Lipinski definition) is 3. The SMILES string of the molecule is CCCc1nccn1-c1cccc(C#N)n1. The predicted octanol–water partition coefficient (Wildman–Crippen LogP) is 2.09. The van der Waals surface area contributed by atoms with Gasteiger partial charge in [-0.1, -0.05) is 13.0 Å². The Hall–Kier alpha value is -2.15. The number of aryl methyl sites for hydroxylation is 1. The highest BCUT2D eigenvalue weighted by molar-refractivity contribution is 5.31. The predicted molar refractivity (Wildman–Crippen MR) is 60.1 cm³/mol. The Morgan fingerprint density at radius 3 is 3.06 bits per heavy atom. The first-order chi connectivity index (χ1) is 7.85. The van der Waals surface area contributed by atoms with Gasteiger partial charge in [-0.05, 0) is 18.6 Å². The third-order valence-corrected chi connectivity index (χ3v) is 2.29. The van der Waals surface area contributed by atoms with Gasteiger partial charge in [0.2, 0.25) is 0 Å². The molecule has 16 heavy (non-hydrogen) atoms. The van der Waals surface area contributed by atoms with Crippen LogP contribution >= 0.6 is 0 Å². The van der Waals surface area contributed by atoms with E-state index in [-0.39, 0.29) is 0 Å². The number of aromatic nitrogens is 3. The minimum absolute atomic E-state index is 0.425. The van der Waals surface area contributed by atoms with E-state index in [1.54, 1.807) is 12.3 Å². The molecule has 4 nitrogen and oxygen atoms in total. The Labute approximate surface area is 94.2 Å². The van der Waals surface area contributed by atoms with Crippen molar-refractivity contribution in [2.45, 2.75) is 19.8 Å². The second-order valence-corrected chi connectivity index (χ2v) is 3.46. The molecule has 4 heteroatoms. The van der Waals surface area contributed by atoms with Crippen LogP contribution in [0.5, 0.6) is 0 Å². The van der Waals surface area contributed by atoms with Crippen molar-refractivity contribution in [3.63, 3.8) is 0 Å². The summed E-state index contributed by atoms with van der Waals surface area (Å²) < 4.78 is 1.92. The smallest absolute Gasteiger partial charge is 0.142 e. The van der Waals surface area contributed by atoms with Gasteiger partial charge >= 0.3 is 0 Å². The van der Waals surface area contributed by atoms with Crippen molar-refractivity contribution >= 4 is 0 Å². The first-order valence-electron chi connectivity index (χ1n) is 5.25. The summed E-state index contributed by atoms with van der Waals surface area (Å²) in [5.41, 5.74) is 0.425. The summed E-state index contributed by atoms with van der Waals surface area (Å²) in [4.78, 5) is 8.52. The van der Waals surface area contributed by atoms with Crippen LogP contribution in [0.1, 0.15) is 24.9 Å². The van der Waals surface area contributed by atoms with Gasteiger partial charge in [0.1, 0.15) is 23.4 Å². The van der Waals surface area contributed by atoms with E-state index in [1.165, 1.54) is 0 Å². The van der Waals surface area contributed by atoms with Crippen molar-refractivity contribution in [3.8, 4) is 11.9 Å². The van der Waals surface area contributed by atoms with Gasteiger partial charge in [0, 0.05) is 18.8 Å². The van der Waals surface area contributed by atoms with Crippen LogP contribution in [0.3, 0.4) is 0 Å². The fraction of sp³-hybridized carbons (Fsp3) is 0.250. The van der Waals surface area contributed by atoms with Gasteiger partial charge < -0.3 is 0 Å². The molecule has 0 unspecified atom stereocenters. The molecule has 0 aliphatic heterocycles. The number of pyridine rings is 1. The van der Waals surface area contributed by atoms with Crippen LogP contribution in [0.4, 0.5) is 0 Å². The minimum Gasteiger partial charge on any atom is -0.288 e. The number of hydrogen-bond donors (Lipinski definition) is 0. The van der Waals surface area contributed by atoms with Crippen LogP contribution in [0.2, 0.25) is 0 Å². The summed E-state index contributed by atoms with van der Waals surface area (Å²) in [6.07, 6.45) is 5.57. The van der Waals surface area contributed by atoms with Crippen LogP contribution in [-0.2, 0) is 6.42 Å². The Morgan fingerprint density at radius 1 is 1.44 bits per heavy atom. The molecule has 80 valence electrons. The lowest BCUT2D eigenvalue weighted by Gasteiger charge is -2.05. The Bertz CT molecular complexity index is 522. The molecule has 0 aliphatic rings. The zero-order valence-corrected chi connectivity index (χ0v) is 9.09. The first-order valence-corrected chi connectivity index (χ1v) is 5.25. The van der Waals surface area contributed by atoms with E-state index in [0.29, 0.717) is 5.69 Å². The molecule has 0 aliphatic carbocycles. The lowest BCUT2D eigenvalue weighted by Crippen LogP contribution is -2.03. The highest BCUT2D eigenvalue weighted by Gasteiger charge is 2.05. The fourth-order valence-electron chi connectivity index (χ4n) is 1.57. The summed E-state index contributed by atoms with van der Waals surface area (Å²) in [5, 5.41) is 8.79. The van der Waals surface area contributed by atoms with Gasteiger partial charge in [-0.15, -0.1) is 0 Å². The van der Waals surface area contributed by atoms with E-state index in [4.69, 9.17) is 5.26 Å². The van der Waals surface area contributed by atoms with Crippen molar-refractivity contribution in [2.24, 2.45) is 0 Å². The zero-order chi connectivity index (χ0) is 11.4. The number of imidazole rings is 1. The molecule has 0 aromatic carbocycles. The molecular formula is C12H12N4. The summed E-state index contributed by atoms with van der Waals surface area (Å²) >= 11 is 0. The molecule has 0 N–H and O–H groups in total. The van der Waals surface area contributed by atoms with E-state index in [0.717, 1.165) is 24.5 Å². The molecule has 2 aromatic rings. The summed E-state index contributed by atoms with van der Waals surface area (Å²) in [6.45, 7) is 2.11. The van der Waals surface area contributed by atoms with Crippen LogP contribution in [0.15, 0.2) is 30.6 Å². The molecule has 2 rings (SSSR count). The van der Waals surface area contributed by atoms with Crippen LogP contribution in [0, 0.1) is 11.3 Å². The van der Waals surface area contributed by atoms with E-state index < -0.39 is 0 Å². The maximum absolute atomic E-state index is 8.79. The molecular weight excluding hydrogens is 200 g/mol. The standard InChI is InChI=1S/C12H12N4/c1-2-4-11-14-7-8-16(11)12-6-3-5-10(9-13)15-12/h3,5-8H,2,4H2,1H3. The number of nitriles is 1. The van der Waals surface area contributed by atoms with Gasteiger partial charge in [-0.3, -0.25) is 4.57 Å². The van der Waals surface area contributed by atoms with Crippen molar-refractivity contribution in [2.75, 3.05) is 0 Å². The maximum Gasteiger partial charge on any atom is 0.142 e. The summed E-state index contributed by atoms with van der Waals surface area (Å²) in [6, 6.07) is 7.44. The van der Waals surface area contributed by atoms with E-state index in [2.05, 4.69) is 16.9 Å². The quantitative estimate of drug-likeness (QED) is 0.782. The molecule has 0 radical (unpaired) electrons. The van der Waals surface area contributed by atoms with E-state index >= 15 is 0 Å². The molecule has 2 aromatic heterocycles. The van der Waals surface area contributed by atoms with Crippen LogP contribution < -0.4 is 0 Å². The molecule has 0 spiro atoms. The largest absolute Gasteiger partial charge is 0.288 e. The molecule has 2 heterocycles. The minimum atomic E-state index is 0.425. The van der Waals surface area contributed by atoms with Crippen molar-refractivity contribution in [1.82, 2.24) is 14.5 Å². The van der Waals surface area contributed by atoms with Gasteiger partial charge in [-0.2, -0.15) is 5.26 Å². The van der Waals surface area contributed by atoms with Crippen molar-refractivity contribution < 1.29 is 0 Å². The first kappa shape index (κ1) is 10.4. The summed E-state index contributed by atoms with van der Waals surface area (Å²) in [7, 11) is 0. The fourth-order valence-corrected chi connectivity index (χ4v) is 1.57. The average Bonchev–Trinajstić information content (AvgIpc) is 2.78. The van der Waals surface area contributed by atoms with Gasteiger partial charge in [0.05, 0.1) is 0 Å². The van der Waals surface area contributed by atoms with Crippen molar-refractivity contribution in [3.05, 3.63) is 42.1 Å². The monoisotopic (exact) mass is 212 g/mol. The Morgan fingerprint density at radius 2 is 2.31 bits per heavy atom. The maximum atomic E-state index is 8.79. The summed E-state index contributed by atoms with van der Waals surface area (Å²) in [5.74, 6) is 1.73. The van der Waals surface area contributed by atoms with Gasteiger partial charge in [-0.25, -0.2) is 9.97 Å². The number of rotatable bonds is 3.